The number of benzene rings is 1. The Hall–Kier alpha value is -2.05. The standard InChI is InChI=1S/C17H19ClN4OS/c1-3-22-10-13(12(2)21-22)11-23-16-7-5-4-6-15(16)19-8-14-9-20-17(18)24-14/h4-7,9-10,19H,3,8,11H2,1-2H3. The van der Waals surface area contributed by atoms with Crippen LogP contribution in [-0.2, 0) is 19.7 Å². The minimum absolute atomic E-state index is 0.497. The van der Waals surface area contributed by atoms with Gasteiger partial charge in [-0.15, -0.1) is 11.3 Å². The predicted molar refractivity (Wildman–Crippen MR) is 97.9 cm³/mol. The highest BCUT2D eigenvalue weighted by atomic mass is 35.5. The molecule has 0 unspecified atom stereocenters. The summed E-state index contributed by atoms with van der Waals surface area (Å²) in [7, 11) is 0. The summed E-state index contributed by atoms with van der Waals surface area (Å²) in [4.78, 5) is 5.13. The first-order valence-electron chi connectivity index (χ1n) is 7.74. The second kappa shape index (κ2) is 7.68. The van der Waals surface area contributed by atoms with Gasteiger partial charge < -0.3 is 10.1 Å². The van der Waals surface area contributed by atoms with Gasteiger partial charge in [0.2, 0.25) is 0 Å². The lowest BCUT2D eigenvalue weighted by molar-refractivity contribution is 0.306. The first kappa shape index (κ1) is 16.8. The Morgan fingerprint density at radius 2 is 2.17 bits per heavy atom. The maximum Gasteiger partial charge on any atom is 0.183 e. The molecule has 0 aliphatic carbocycles. The van der Waals surface area contributed by atoms with E-state index < -0.39 is 0 Å². The van der Waals surface area contributed by atoms with Crippen LogP contribution in [0, 0.1) is 6.92 Å². The lowest BCUT2D eigenvalue weighted by Crippen LogP contribution is -2.02. The fourth-order valence-corrected chi connectivity index (χ4v) is 3.22. The summed E-state index contributed by atoms with van der Waals surface area (Å²) in [5.41, 5.74) is 3.05. The summed E-state index contributed by atoms with van der Waals surface area (Å²) < 4.78 is 8.48. The van der Waals surface area contributed by atoms with Crippen molar-refractivity contribution in [1.82, 2.24) is 14.8 Å². The number of halogens is 1. The van der Waals surface area contributed by atoms with Gasteiger partial charge in [-0.3, -0.25) is 4.68 Å². The minimum atomic E-state index is 0.497. The molecule has 2 heterocycles. The Labute approximate surface area is 150 Å². The number of anilines is 1. The molecule has 5 nitrogen and oxygen atoms in total. The number of nitrogens with one attached hydrogen (secondary N) is 1. The molecule has 0 aliphatic rings. The Morgan fingerprint density at radius 3 is 2.88 bits per heavy atom. The zero-order chi connectivity index (χ0) is 16.9. The van der Waals surface area contributed by atoms with Crippen LogP contribution in [0.15, 0.2) is 36.7 Å². The molecule has 0 saturated heterocycles. The number of para-hydroxylation sites is 2. The molecule has 0 fully saturated rings. The van der Waals surface area contributed by atoms with Crippen LogP contribution in [0.4, 0.5) is 5.69 Å². The molecule has 0 saturated carbocycles. The summed E-state index contributed by atoms with van der Waals surface area (Å²) in [6, 6.07) is 7.91. The summed E-state index contributed by atoms with van der Waals surface area (Å²) in [5.74, 6) is 0.816. The van der Waals surface area contributed by atoms with Crippen molar-refractivity contribution >= 4 is 28.6 Å². The van der Waals surface area contributed by atoms with Gasteiger partial charge in [0.15, 0.2) is 4.47 Å². The number of nitrogens with zero attached hydrogens (tertiary/aromatic N) is 3. The van der Waals surface area contributed by atoms with Gasteiger partial charge in [-0.05, 0) is 26.0 Å². The quantitative estimate of drug-likeness (QED) is 0.671. The third-order valence-corrected chi connectivity index (χ3v) is 4.74. The molecule has 7 heteroatoms. The maximum absolute atomic E-state index is 6.00. The smallest absolute Gasteiger partial charge is 0.183 e. The minimum Gasteiger partial charge on any atom is -0.487 e. The molecular formula is C17H19ClN4OS. The van der Waals surface area contributed by atoms with E-state index in [2.05, 4.69) is 22.3 Å². The van der Waals surface area contributed by atoms with Crippen molar-refractivity contribution in [2.75, 3.05) is 5.32 Å². The average molecular weight is 363 g/mol. The molecule has 2 aromatic heterocycles. The van der Waals surface area contributed by atoms with Gasteiger partial charge in [-0.1, -0.05) is 23.7 Å². The maximum atomic E-state index is 6.00. The third kappa shape index (κ3) is 4.07. The largest absolute Gasteiger partial charge is 0.487 e. The van der Waals surface area contributed by atoms with E-state index in [-0.39, 0.29) is 0 Å². The normalized spacial score (nSPS) is 10.8. The van der Waals surface area contributed by atoms with Crippen molar-refractivity contribution in [3.8, 4) is 5.75 Å². The molecule has 3 rings (SSSR count). The van der Waals surface area contributed by atoms with E-state index in [4.69, 9.17) is 16.3 Å². The van der Waals surface area contributed by atoms with Crippen molar-refractivity contribution < 1.29 is 4.74 Å². The van der Waals surface area contributed by atoms with Crippen molar-refractivity contribution in [2.45, 2.75) is 33.5 Å². The van der Waals surface area contributed by atoms with Crippen LogP contribution < -0.4 is 10.1 Å². The lowest BCUT2D eigenvalue weighted by Gasteiger charge is -2.12. The first-order valence-corrected chi connectivity index (χ1v) is 8.94. The van der Waals surface area contributed by atoms with Gasteiger partial charge in [-0.2, -0.15) is 5.10 Å². The molecule has 0 atom stereocenters. The highest BCUT2D eigenvalue weighted by Gasteiger charge is 2.08. The molecule has 0 aliphatic heterocycles. The molecule has 24 heavy (non-hydrogen) atoms. The molecule has 0 spiro atoms. The molecular weight excluding hydrogens is 344 g/mol. The van der Waals surface area contributed by atoms with E-state index in [9.17, 15) is 0 Å². The second-order valence-electron chi connectivity index (χ2n) is 5.31. The number of hydrogen-bond acceptors (Lipinski definition) is 5. The van der Waals surface area contributed by atoms with Crippen LogP contribution in [0.5, 0.6) is 5.75 Å². The van der Waals surface area contributed by atoms with Crippen molar-refractivity contribution in [1.29, 1.82) is 0 Å². The van der Waals surface area contributed by atoms with Gasteiger partial charge >= 0.3 is 0 Å². The molecule has 0 radical (unpaired) electrons. The predicted octanol–water partition coefficient (Wildman–Crippen LogP) is 4.51. The van der Waals surface area contributed by atoms with Crippen molar-refractivity contribution in [3.05, 3.63) is 57.3 Å². The highest BCUT2D eigenvalue weighted by molar-refractivity contribution is 7.15. The van der Waals surface area contributed by atoms with E-state index in [1.54, 1.807) is 6.20 Å². The monoisotopic (exact) mass is 362 g/mol. The number of ether oxygens (including phenoxy) is 1. The van der Waals surface area contributed by atoms with E-state index in [0.717, 1.165) is 34.1 Å². The van der Waals surface area contributed by atoms with E-state index in [0.29, 0.717) is 17.6 Å². The molecule has 0 bridgehead atoms. The van der Waals surface area contributed by atoms with Crippen LogP contribution >= 0.6 is 22.9 Å². The molecule has 0 amide bonds. The number of thiazole rings is 1. The summed E-state index contributed by atoms with van der Waals surface area (Å²) in [6.45, 7) is 6.09. The third-order valence-electron chi connectivity index (χ3n) is 3.62. The number of rotatable bonds is 7. The number of hydrogen-bond donors (Lipinski definition) is 1. The second-order valence-corrected chi connectivity index (χ2v) is 7.01. The molecule has 1 N–H and O–H groups in total. The highest BCUT2D eigenvalue weighted by Crippen LogP contribution is 2.27. The Balaban J connectivity index is 1.66. The van der Waals surface area contributed by atoms with Crippen molar-refractivity contribution in [3.63, 3.8) is 0 Å². The van der Waals surface area contributed by atoms with E-state index >= 15 is 0 Å². The van der Waals surface area contributed by atoms with E-state index in [1.165, 1.54) is 11.3 Å². The molecule has 3 aromatic rings. The lowest BCUT2D eigenvalue weighted by atomic mass is 10.2. The van der Waals surface area contributed by atoms with Gasteiger partial charge in [-0.25, -0.2) is 4.98 Å². The Kier molecular flexibility index (Phi) is 5.37. The van der Waals surface area contributed by atoms with Crippen molar-refractivity contribution in [2.24, 2.45) is 0 Å². The van der Waals surface area contributed by atoms with Gasteiger partial charge in [0.05, 0.1) is 17.9 Å². The average Bonchev–Trinajstić information content (AvgIpc) is 3.17. The number of aryl methyl sites for hydroxylation is 2. The van der Waals surface area contributed by atoms with Crippen LogP contribution in [0.2, 0.25) is 4.47 Å². The topological polar surface area (TPSA) is 52.0 Å². The number of aromatic nitrogens is 3. The zero-order valence-electron chi connectivity index (χ0n) is 13.6. The van der Waals surface area contributed by atoms with Crippen LogP contribution in [0.3, 0.4) is 0 Å². The fourth-order valence-electron chi connectivity index (χ4n) is 2.30. The summed E-state index contributed by atoms with van der Waals surface area (Å²) in [5, 5.41) is 7.82. The summed E-state index contributed by atoms with van der Waals surface area (Å²) >= 11 is 7.34. The van der Waals surface area contributed by atoms with Crippen LogP contribution in [0.25, 0.3) is 0 Å². The fraction of sp³-hybridized carbons (Fsp3) is 0.294. The van der Waals surface area contributed by atoms with Crippen LogP contribution in [0.1, 0.15) is 23.1 Å². The zero-order valence-corrected chi connectivity index (χ0v) is 15.2. The van der Waals surface area contributed by atoms with Gasteiger partial charge in [0.25, 0.3) is 0 Å². The van der Waals surface area contributed by atoms with Gasteiger partial charge in [0, 0.05) is 29.4 Å². The first-order chi connectivity index (χ1) is 11.7. The Bertz CT molecular complexity index is 815. The summed E-state index contributed by atoms with van der Waals surface area (Å²) in [6.07, 6.45) is 3.82. The van der Waals surface area contributed by atoms with E-state index in [1.807, 2.05) is 42.1 Å². The molecule has 1 aromatic carbocycles. The SMILES string of the molecule is CCn1cc(COc2ccccc2NCc2cnc(Cl)s2)c(C)n1. The molecule has 126 valence electrons. The van der Waals surface area contributed by atoms with Gasteiger partial charge in [0.1, 0.15) is 12.4 Å². The van der Waals surface area contributed by atoms with Crippen LogP contribution in [-0.4, -0.2) is 14.8 Å². The Morgan fingerprint density at radius 1 is 1.33 bits per heavy atom.